The lowest BCUT2D eigenvalue weighted by Crippen LogP contribution is -2.23. The number of hydrogen-bond donors (Lipinski definition) is 1. The van der Waals surface area contributed by atoms with E-state index in [4.69, 9.17) is 0 Å². The van der Waals surface area contributed by atoms with Crippen LogP contribution >= 0.6 is 0 Å². The minimum absolute atomic E-state index is 0.120. The topological polar surface area (TPSA) is 55.2 Å². The largest absolute Gasteiger partial charge is 0.317 e. The van der Waals surface area contributed by atoms with Crippen LogP contribution < -0.4 is 5.32 Å². The van der Waals surface area contributed by atoms with Crippen LogP contribution in [0.25, 0.3) is 0 Å². The van der Waals surface area contributed by atoms with Gasteiger partial charge in [-0.2, -0.15) is 0 Å². The van der Waals surface area contributed by atoms with Gasteiger partial charge >= 0.3 is 0 Å². The van der Waals surface area contributed by atoms with Crippen LogP contribution in [0.15, 0.2) is 18.2 Å². The second kappa shape index (κ2) is 4.84. The molecule has 1 rings (SSSR count). The first kappa shape index (κ1) is 11.6. The summed E-state index contributed by atoms with van der Waals surface area (Å²) in [5.74, 6) is -0.581. The van der Waals surface area contributed by atoms with Crippen LogP contribution in [0.2, 0.25) is 0 Å². The molecule has 5 heteroatoms. The molecule has 0 aromatic heterocycles. The van der Waals surface area contributed by atoms with Gasteiger partial charge in [-0.3, -0.25) is 10.1 Å². The Balaban J connectivity index is 3.01. The second-order valence-corrected chi connectivity index (χ2v) is 3.42. The molecule has 0 aliphatic rings. The highest BCUT2D eigenvalue weighted by Crippen LogP contribution is 2.20. The Kier molecular flexibility index (Phi) is 3.74. The quantitative estimate of drug-likeness (QED) is 0.612. The molecule has 0 saturated carbocycles. The molecule has 1 aromatic rings. The highest BCUT2D eigenvalue weighted by Gasteiger charge is 2.16. The number of rotatable bonds is 4. The minimum atomic E-state index is -0.581. The number of hydrogen-bond acceptors (Lipinski definition) is 3. The molecule has 15 heavy (non-hydrogen) atoms. The summed E-state index contributed by atoms with van der Waals surface area (Å²) in [6.45, 7) is 1.91. The maximum Gasteiger partial charge on any atom is 0.275 e. The maximum atomic E-state index is 12.8. The molecule has 4 nitrogen and oxygen atoms in total. The number of nitro benzene ring substituents is 1. The van der Waals surface area contributed by atoms with Gasteiger partial charge in [0.2, 0.25) is 0 Å². The van der Waals surface area contributed by atoms with E-state index >= 15 is 0 Å². The normalized spacial score (nSPS) is 12.5. The van der Waals surface area contributed by atoms with Gasteiger partial charge in [0.1, 0.15) is 5.82 Å². The molecule has 0 fully saturated rings. The molecule has 0 aliphatic heterocycles. The van der Waals surface area contributed by atoms with Gasteiger partial charge in [-0.1, -0.05) is 0 Å². The molecule has 1 aromatic carbocycles. The predicted molar refractivity (Wildman–Crippen MR) is 55.3 cm³/mol. The summed E-state index contributed by atoms with van der Waals surface area (Å²) in [5.41, 5.74) is 0.389. The average molecular weight is 212 g/mol. The summed E-state index contributed by atoms with van der Waals surface area (Å²) in [4.78, 5) is 10.1. The Hall–Kier alpha value is -1.49. The maximum absolute atomic E-state index is 12.8. The molecule has 1 unspecified atom stereocenters. The summed E-state index contributed by atoms with van der Waals surface area (Å²) in [5, 5.41) is 13.6. The number of benzene rings is 1. The third-order valence-corrected chi connectivity index (χ3v) is 2.26. The lowest BCUT2D eigenvalue weighted by Gasteiger charge is -2.09. The summed E-state index contributed by atoms with van der Waals surface area (Å²) in [6.07, 6.45) is 0.507. The van der Waals surface area contributed by atoms with Crippen molar-refractivity contribution in [3.63, 3.8) is 0 Å². The van der Waals surface area contributed by atoms with E-state index in [1.165, 1.54) is 12.1 Å². The van der Waals surface area contributed by atoms with Crippen LogP contribution in [0.1, 0.15) is 12.5 Å². The minimum Gasteiger partial charge on any atom is -0.317 e. The summed E-state index contributed by atoms with van der Waals surface area (Å²) >= 11 is 0. The third-order valence-electron chi connectivity index (χ3n) is 2.26. The van der Waals surface area contributed by atoms with Crippen LogP contribution in [0, 0.1) is 15.9 Å². The fourth-order valence-electron chi connectivity index (χ4n) is 1.31. The zero-order valence-electron chi connectivity index (χ0n) is 8.66. The van der Waals surface area contributed by atoms with Crippen molar-refractivity contribution < 1.29 is 9.31 Å². The first-order valence-corrected chi connectivity index (χ1v) is 4.64. The molecular weight excluding hydrogens is 199 g/mol. The fourth-order valence-corrected chi connectivity index (χ4v) is 1.31. The van der Waals surface area contributed by atoms with Crippen molar-refractivity contribution in [2.24, 2.45) is 0 Å². The van der Waals surface area contributed by atoms with Gasteiger partial charge in [0, 0.05) is 11.6 Å². The fraction of sp³-hybridized carbons (Fsp3) is 0.400. The highest BCUT2D eigenvalue weighted by molar-refractivity contribution is 5.40. The molecule has 0 bridgehead atoms. The van der Waals surface area contributed by atoms with Crippen molar-refractivity contribution in [1.29, 1.82) is 0 Å². The van der Waals surface area contributed by atoms with Crippen LogP contribution in [0.5, 0.6) is 0 Å². The molecule has 82 valence electrons. The SMILES string of the molecule is CNC(C)Cc1ccc(F)cc1[N+](=O)[O-]. The number of nitrogens with one attached hydrogen (secondary N) is 1. The zero-order chi connectivity index (χ0) is 11.4. The Morgan fingerprint density at radius 3 is 2.80 bits per heavy atom. The van der Waals surface area contributed by atoms with Crippen molar-refractivity contribution in [2.45, 2.75) is 19.4 Å². The van der Waals surface area contributed by atoms with Crippen molar-refractivity contribution in [2.75, 3.05) is 7.05 Å². The molecule has 1 N–H and O–H groups in total. The van der Waals surface area contributed by atoms with E-state index in [1.807, 2.05) is 6.92 Å². The Morgan fingerprint density at radius 2 is 2.27 bits per heavy atom. The Bertz CT molecular complexity index is 368. The van der Waals surface area contributed by atoms with Gasteiger partial charge in [0.25, 0.3) is 5.69 Å². The van der Waals surface area contributed by atoms with Gasteiger partial charge < -0.3 is 5.32 Å². The predicted octanol–water partition coefficient (Wildman–Crippen LogP) is 1.88. The monoisotopic (exact) mass is 212 g/mol. The first-order valence-electron chi connectivity index (χ1n) is 4.64. The smallest absolute Gasteiger partial charge is 0.275 e. The standard InChI is InChI=1S/C10H13FN2O2/c1-7(12-2)5-8-3-4-9(11)6-10(8)13(14)15/h3-4,6-7,12H,5H2,1-2H3. The van der Waals surface area contributed by atoms with Crippen LogP contribution in [0.3, 0.4) is 0 Å². The summed E-state index contributed by atoms with van der Waals surface area (Å²) in [6, 6.07) is 3.78. The molecule has 0 aliphatic carbocycles. The van der Waals surface area contributed by atoms with Crippen molar-refractivity contribution >= 4 is 5.69 Å². The molecule has 1 atom stereocenters. The van der Waals surface area contributed by atoms with E-state index in [-0.39, 0.29) is 11.7 Å². The van der Waals surface area contributed by atoms with Crippen LogP contribution in [0.4, 0.5) is 10.1 Å². The van der Waals surface area contributed by atoms with Gasteiger partial charge in [0.15, 0.2) is 0 Å². The zero-order valence-corrected chi connectivity index (χ0v) is 8.66. The number of nitrogens with zero attached hydrogens (tertiary/aromatic N) is 1. The number of halogens is 1. The summed E-state index contributed by atoms with van der Waals surface area (Å²) < 4.78 is 12.8. The van der Waals surface area contributed by atoms with Gasteiger partial charge in [-0.15, -0.1) is 0 Å². The van der Waals surface area contributed by atoms with E-state index < -0.39 is 10.7 Å². The molecular formula is C10H13FN2O2. The van der Waals surface area contributed by atoms with Gasteiger partial charge in [0.05, 0.1) is 11.0 Å². The summed E-state index contributed by atoms with van der Waals surface area (Å²) in [7, 11) is 1.78. The molecule has 0 amide bonds. The average Bonchev–Trinajstić information content (AvgIpc) is 2.20. The van der Waals surface area contributed by atoms with Crippen molar-refractivity contribution in [3.05, 3.63) is 39.7 Å². The van der Waals surface area contributed by atoms with E-state index in [9.17, 15) is 14.5 Å². The van der Waals surface area contributed by atoms with E-state index in [0.29, 0.717) is 12.0 Å². The molecule has 0 saturated heterocycles. The highest BCUT2D eigenvalue weighted by atomic mass is 19.1. The van der Waals surface area contributed by atoms with E-state index in [2.05, 4.69) is 5.32 Å². The van der Waals surface area contributed by atoms with Crippen LogP contribution in [-0.2, 0) is 6.42 Å². The van der Waals surface area contributed by atoms with Crippen molar-refractivity contribution in [1.82, 2.24) is 5.32 Å². The van der Waals surface area contributed by atoms with E-state index in [0.717, 1.165) is 6.07 Å². The lowest BCUT2D eigenvalue weighted by molar-refractivity contribution is -0.385. The van der Waals surface area contributed by atoms with Gasteiger partial charge in [-0.05, 0) is 32.5 Å². The first-order chi connectivity index (χ1) is 7.04. The molecule has 0 radical (unpaired) electrons. The second-order valence-electron chi connectivity index (χ2n) is 3.42. The Morgan fingerprint density at radius 1 is 1.60 bits per heavy atom. The third kappa shape index (κ3) is 2.99. The van der Waals surface area contributed by atoms with Crippen molar-refractivity contribution in [3.8, 4) is 0 Å². The van der Waals surface area contributed by atoms with E-state index in [1.54, 1.807) is 7.05 Å². The molecule has 0 heterocycles. The number of likely N-dealkylation sites (N-methyl/N-ethyl adjacent to an activating group) is 1. The number of nitro groups is 1. The van der Waals surface area contributed by atoms with Gasteiger partial charge in [-0.25, -0.2) is 4.39 Å². The van der Waals surface area contributed by atoms with Crippen LogP contribution in [-0.4, -0.2) is 18.0 Å². The molecule has 0 spiro atoms. The Labute approximate surface area is 87.3 Å². The lowest BCUT2D eigenvalue weighted by atomic mass is 10.1.